The first-order chi connectivity index (χ1) is 17.4. The van der Waals surface area contributed by atoms with Crippen molar-refractivity contribution in [1.29, 1.82) is 0 Å². The van der Waals surface area contributed by atoms with Crippen LogP contribution in [0.5, 0.6) is 5.75 Å². The average molecular weight is 506 g/mol. The Morgan fingerprint density at radius 2 is 1.81 bits per heavy atom. The molecular weight excluding hydrogens is 474 g/mol. The highest BCUT2D eigenvalue weighted by molar-refractivity contribution is 7.07. The zero-order valence-corrected chi connectivity index (χ0v) is 22.1. The number of benzene rings is 2. The highest BCUT2D eigenvalue weighted by Crippen LogP contribution is 2.35. The molecule has 0 saturated carbocycles. The molecule has 0 amide bonds. The number of fused-ring (bicyclic) bond motifs is 1. The first kappa shape index (κ1) is 25.4. The summed E-state index contributed by atoms with van der Waals surface area (Å²) in [6.07, 6.45) is 1.87. The smallest absolute Gasteiger partial charge is 0.338 e. The molecule has 7 nitrogen and oxygen atoms in total. The van der Waals surface area contributed by atoms with Crippen LogP contribution in [-0.4, -0.2) is 37.3 Å². The van der Waals surface area contributed by atoms with Crippen molar-refractivity contribution in [1.82, 2.24) is 4.57 Å². The fourth-order valence-electron chi connectivity index (χ4n) is 4.50. The van der Waals surface area contributed by atoms with Crippen molar-refractivity contribution in [3.05, 3.63) is 90.6 Å². The third-order valence-corrected chi connectivity index (χ3v) is 7.25. The van der Waals surface area contributed by atoms with E-state index in [4.69, 9.17) is 9.47 Å². The lowest BCUT2D eigenvalue weighted by molar-refractivity contribution is -0.139. The highest BCUT2D eigenvalue weighted by Gasteiger charge is 2.34. The second-order valence-corrected chi connectivity index (χ2v) is 9.32. The van der Waals surface area contributed by atoms with E-state index in [1.165, 1.54) is 11.3 Å². The van der Waals surface area contributed by atoms with Crippen LogP contribution in [-0.2, 0) is 9.53 Å². The molecule has 0 fully saturated rings. The topological polar surface area (TPSA) is 73.1 Å². The number of carbonyl (C=O) groups is 1. The number of allylic oxidation sites excluding steroid dienone is 1. The molecule has 0 bridgehead atoms. The highest BCUT2D eigenvalue weighted by atomic mass is 32.1. The summed E-state index contributed by atoms with van der Waals surface area (Å²) in [6.45, 7) is 9.87. The molecule has 8 heteroatoms. The molecule has 188 valence electrons. The molecule has 36 heavy (non-hydrogen) atoms. The summed E-state index contributed by atoms with van der Waals surface area (Å²) in [7, 11) is 1.57. The molecule has 4 rings (SSSR count). The Kier molecular flexibility index (Phi) is 7.74. The summed E-state index contributed by atoms with van der Waals surface area (Å²) in [6, 6.07) is 14.9. The SMILES string of the molecule is CCOC(=O)C1=C(C)N=c2sc(=Cc3ccc(N(CC)CC)cc3)c(=O)n2C1c1ccccc1OC. The van der Waals surface area contributed by atoms with Gasteiger partial charge in [0.25, 0.3) is 5.56 Å². The van der Waals surface area contributed by atoms with Crippen molar-refractivity contribution < 1.29 is 14.3 Å². The van der Waals surface area contributed by atoms with Crippen LogP contribution >= 0.6 is 11.3 Å². The molecular formula is C28H31N3O4S. The molecule has 0 spiro atoms. The van der Waals surface area contributed by atoms with Gasteiger partial charge in [-0.25, -0.2) is 9.79 Å². The zero-order chi connectivity index (χ0) is 25.8. The van der Waals surface area contributed by atoms with Gasteiger partial charge in [0.2, 0.25) is 0 Å². The second kappa shape index (κ2) is 11.0. The van der Waals surface area contributed by atoms with Crippen molar-refractivity contribution >= 4 is 29.1 Å². The van der Waals surface area contributed by atoms with Gasteiger partial charge in [0.15, 0.2) is 4.80 Å². The van der Waals surface area contributed by atoms with Crippen molar-refractivity contribution in [3.8, 4) is 5.75 Å². The largest absolute Gasteiger partial charge is 0.496 e. The van der Waals surface area contributed by atoms with E-state index in [9.17, 15) is 9.59 Å². The van der Waals surface area contributed by atoms with Crippen molar-refractivity contribution in [2.45, 2.75) is 33.7 Å². The van der Waals surface area contributed by atoms with Gasteiger partial charge in [0.05, 0.1) is 29.5 Å². The van der Waals surface area contributed by atoms with E-state index in [0.29, 0.717) is 31.9 Å². The lowest BCUT2D eigenvalue weighted by atomic mass is 9.95. The monoisotopic (exact) mass is 505 g/mol. The molecule has 0 saturated heterocycles. The number of anilines is 1. The summed E-state index contributed by atoms with van der Waals surface area (Å²) in [5, 5.41) is 0. The Morgan fingerprint density at radius 3 is 2.44 bits per heavy atom. The summed E-state index contributed by atoms with van der Waals surface area (Å²) in [5.41, 5.74) is 3.42. The minimum atomic E-state index is -0.705. The third-order valence-electron chi connectivity index (χ3n) is 6.27. The van der Waals surface area contributed by atoms with Crippen LogP contribution in [0.2, 0.25) is 0 Å². The lowest BCUT2D eigenvalue weighted by Gasteiger charge is -2.25. The quantitative estimate of drug-likeness (QED) is 0.437. The van der Waals surface area contributed by atoms with Gasteiger partial charge in [-0.05, 0) is 57.5 Å². The van der Waals surface area contributed by atoms with Crippen LogP contribution in [0.25, 0.3) is 6.08 Å². The zero-order valence-electron chi connectivity index (χ0n) is 21.3. The minimum absolute atomic E-state index is 0.211. The number of nitrogens with zero attached hydrogens (tertiary/aromatic N) is 3. The van der Waals surface area contributed by atoms with Crippen LogP contribution < -0.4 is 24.5 Å². The maximum atomic E-state index is 13.8. The minimum Gasteiger partial charge on any atom is -0.496 e. The van der Waals surface area contributed by atoms with Crippen LogP contribution in [0.15, 0.2) is 69.6 Å². The fourth-order valence-corrected chi connectivity index (χ4v) is 5.55. The Morgan fingerprint density at radius 1 is 1.11 bits per heavy atom. The third kappa shape index (κ3) is 4.73. The maximum Gasteiger partial charge on any atom is 0.338 e. The number of methoxy groups -OCH3 is 1. The number of aromatic nitrogens is 1. The number of para-hydroxylation sites is 1. The molecule has 3 aromatic rings. The predicted molar refractivity (Wildman–Crippen MR) is 143 cm³/mol. The van der Waals surface area contributed by atoms with E-state index in [2.05, 4.69) is 35.9 Å². The van der Waals surface area contributed by atoms with Crippen molar-refractivity contribution in [3.63, 3.8) is 0 Å². The Bertz CT molecular complexity index is 1460. The van der Waals surface area contributed by atoms with Crippen molar-refractivity contribution in [2.75, 3.05) is 31.7 Å². The number of thiazole rings is 1. The molecule has 2 aromatic carbocycles. The molecule has 1 aromatic heterocycles. The number of carbonyl (C=O) groups excluding carboxylic acids is 1. The molecule has 1 aliphatic heterocycles. The lowest BCUT2D eigenvalue weighted by Crippen LogP contribution is -2.40. The number of ether oxygens (including phenoxy) is 2. The fraction of sp³-hybridized carbons (Fsp3) is 0.321. The van der Waals surface area contributed by atoms with Crippen molar-refractivity contribution in [2.24, 2.45) is 4.99 Å². The molecule has 1 unspecified atom stereocenters. The van der Waals surface area contributed by atoms with E-state index < -0.39 is 12.0 Å². The maximum absolute atomic E-state index is 13.8. The normalized spacial score (nSPS) is 15.4. The number of rotatable bonds is 8. The summed E-state index contributed by atoms with van der Waals surface area (Å²) in [5.74, 6) is 0.0940. The van der Waals surface area contributed by atoms with Gasteiger partial charge in [-0.3, -0.25) is 9.36 Å². The first-order valence-electron chi connectivity index (χ1n) is 12.1. The van der Waals surface area contributed by atoms with Gasteiger partial charge < -0.3 is 14.4 Å². The molecule has 1 aliphatic rings. The standard InChI is InChI=1S/C28H31N3O4S/c1-6-30(7-2)20-15-13-19(14-16-20)17-23-26(32)31-25(21-11-9-10-12-22(21)34-5)24(27(33)35-8-3)18(4)29-28(31)36-23/h9-17,25H,6-8H2,1-5H3. The van der Waals surface area contributed by atoms with E-state index >= 15 is 0 Å². The molecule has 0 aliphatic carbocycles. The van der Waals surface area contributed by atoms with E-state index in [1.807, 2.05) is 42.5 Å². The Balaban J connectivity index is 1.88. The molecule has 1 atom stereocenters. The van der Waals surface area contributed by atoms with Crippen LogP contribution in [0.1, 0.15) is 44.9 Å². The van der Waals surface area contributed by atoms with Crippen LogP contribution in [0, 0.1) is 0 Å². The molecule has 0 N–H and O–H groups in total. The Hall–Kier alpha value is -3.65. The van der Waals surface area contributed by atoms with Gasteiger partial charge in [0.1, 0.15) is 11.8 Å². The summed E-state index contributed by atoms with van der Waals surface area (Å²) >= 11 is 1.31. The van der Waals surface area contributed by atoms with Gasteiger partial charge in [0, 0.05) is 24.3 Å². The van der Waals surface area contributed by atoms with E-state index in [0.717, 1.165) is 24.3 Å². The van der Waals surface area contributed by atoms with Crippen LogP contribution in [0.4, 0.5) is 5.69 Å². The second-order valence-electron chi connectivity index (χ2n) is 8.31. The first-order valence-corrected chi connectivity index (χ1v) is 12.9. The Labute approximate surface area is 214 Å². The number of hydrogen-bond donors (Lipinski definition) is 0. The van der Waals surface area contributed by atoms with E-state index in [1.54, 1.807) is 25.5 Å². The number of hydrogen-bond acceptors (Lipinski definition) is 7. The molecule has 0 radical (unpaired) electrons. The van der Waals surface area contributed by atoms with E-state index in [-0.39, 0.29) is 12.2 Å². The molecule has 2 heterocycles. The summed E-state index contributed by atoms with van der Waals surface area (Å²) in [4.78, 5) is 34.2. The van der Waals surface area contributed by atoms with Gasteiger partial charge >= 0.3 is 5.97 Å². The van der Waals surface area contributed by atoms with Gasteiger partial charge in [-0.1, -0.05) is 41.7 Å². The van der Waals surface area contributed by atoms with Gasteiger partial charge in [-0.15, -0.1) is 0 Å². The van der Waals surface area contributed by atoms with Gasteiger partial charge in [-0.2, -0.15) is 0 Å². The average Bonchev–Trinajstić information content (AvgIpc) is 3.19. The van der Waals surface area contributed by atoms with Crippen LogP contribution in [0.3, 0.4) is 0 Å². The summed E-state index contributed by atoms with van der Waals surface area (Å²) < 4.78 is 13.1. The number of esters is 1. The predicted octanol–water partition coefficient (Wildman–Crippen LogP) is 3.65.